The van der Waals surface area contributed by atoms with Crippen LogP contribution in [0.5, 0.6) is 0 Å². The number of halogens is 1. The van der Waals surface area contributed by atoms with Crippen LogP contribution < -0.4 is 17.0 Å². The minimum Gasteiger partial charge on any atom is -0.386 e. The van der Waals surface area contributed by atoms with Gasteiger partial charge in [0.05, 0.1) is 39.7 Å². The number of fused-ring (bicyclic) bond motifs is 4. The fraction of sp³-hybridized carbons (Fsp3) is 0.250. The summed E-state index contributed by atoms with van der Waals surface area (Å²) in [7, 11) is 0. The number of aromatic amines is 1. The van der Waals surface area contributed by atoms with Gasteiger partial charge in [-0.1, -0.05) is 35.9 Å². The highest BCUT2D eigenvalue weighted by molar-refractivity contribution is 6.33. The topological polar surface area (TPSA) is 146 Å². The van der Waals surface area contributed by atoms with Gasteiger partial charge in [0.1, 0.15) is 0 Å². The maximum atomic E-state index is 13.6. The van der Waals surface area contributed by atoms with Crippen LogP contribution in [-0.4, -0.2) is 25.0 Å². The van der Waals surface area contributed by atoms with Crippen molar-refractivity contribution in [2.75, 3.05) is 0 Å². The number of nitrogens with two attached hydrogens (primary N) is 1. The number of carbonyl (C=O) groups is 1. The molecule has 1 aliphatic carbocycles. The highest BCUT2D eigenvalue weighted by Gasteiger charge is 2.42. The summed E-state index contributed by atoms with van der Waals surface area (Å²) in [6.07, 6.45) is 1.76. The van der Waals surface area contributed by atoms with Crippen molar-refractivity contribution in [3.05, 3.63) is 115 Å². The van der Waals surface area contributed by atoms with Gasteiger partial charge in [-0.15, -0.1) is 0 Å². The fourth-order valence-electron chi connectivity index (χ4n) is 6.32. The number of nitrogens with one attached hydrogen (secondary N) is 1. The summed E-state index contributed by atoms with van der Waals surface area (Å²) >= 11 is 6.25. The minimum absolute atomic E-state index is 0.204. The number of H-pyrrole nitrogens is 1. The molecular formula is C32H28ClN5O4. The summed E-state index contributed by atoms with van der Waals surface area (Å²) in [5.41, 5.74) is 8.53. The van der Waals surface area contributed by atoms with Gasteiger partial charge in [-0.3, -0.25) is 14.0 Å². The second-order valence-electron chi connectivity index (χ2n) is 11.4. The number of pyridine rings is 1. The number of nitriles is 1. The zero-order chi connectivity index (χ0) is 30.1. The maximum Gasteiger partial charge on any atom is 0.340 e. The second kappa shape index (κ2) is 9.72. The predicted octanol–water partition coefficient (Wildman–Crippen LogP) is 4.37. The number of benzene rings is 2. The first-order chi connectivity index (χ1) is 19.9. The van der Waals surface area contributed by atoms with Gasteiger partial charge in [-0.25, -0.2) is 9.36 Å². The molecule has 10 heteroatoms. The number of nitrogens with zero attached hydrogens (tertiary/aromatic N) is 3. The lowest BCUT2D eigenvalue weighted by Gasteiger charge is -2.33. The smallest absolute Gasteiger partial charge is 0.340 e. The summed E-state index contributed by atoms with van der Waals surface area (Å²) < 4.78 is 2.42. The van der Waals surface area contributed by atoms with Crippen LogP contribution in [0.2, 0.25) is 5.02 Å². The molecule has 0 aliphatic heterocycles. The summed E-state index contributed by atoms with van der Waals surface area (Å²) in [4.78, 5) is 42.8. The first-order valence-corrected chi connectivity index (χ1v) is 13.9. The van der Waals surface area contributed by atoms with Crippen molar-refractivity contribution in [1.82, 2.24) is 14.0 Å². The molecule has 2 aromatic carbocycles. The van der Waals surface area contributed by atoms with E-state index in [0.29, 0.717) is 33.5 Å². The lowest BCUT2D eigenvalue weighted by molar-refractivity contribution is -0.120. The van der Waals surface area contributed by atoms with E-state index in [1.54, 1.807) is 44.3 Å². The van der Waals surface area contributed by atoms with E-state index in [0.717, 1.165) is 21.1 Å². The molecule has 1 amide bonds. The summed E-state index contributed by atoms with van der Waals surface area (Å²) in [6, 6.07) is 17.8. The maximum absolute atomic E-state index is 13.6. The van der Waals surface area contributed by atoms with E-state index in [4.69, 9.17) is 17.3 Å². The van der Waals surface area contributed by atoms with E-state index < -0.39 is 40.5 Å². The molecule has 6 rings (SSSR count). The molecule has 1 aliphatic rings. The molecule has 0 bridgehead atoms. The van der Waals surface area contributed by atoms with Crippen LogP contribution in [0.3, 0.4) is 0 Å². The van der Waals surface area contributed by atoms with Crippen molar-refractivity contribution >= 4 is 33.9 Å². The highest BCUT2D eigenvalue weighted by Crippen LogP contribution is 2.49. The summed E-state index contributed by atoms with van der Waals surface area (Å²) in [6.45, 7) is 5.20. The number of primary amides is 1. The Morgan fingerprint density at radius 3 is 2.62 bits per heavy atom. The zero-order valence-electron chi connectivity index (χ0n) is 23.2. The Morgan fingerprint density at radius 2 is 1.93 bits per heavy atom. The molecule has 5 aromatic rings. The SMILES string of the molecule is Cc1c([C@H]2c3c([nH]c4cc(C(C)(C)O)ccc34)C(C(N)=O)CC2C#N)cccc1-n1c(=O)cc2c(Cl)cccn2c1=O. The van der Waals surface area contributed by atoms with E-state index >= 15 is 0 Å². The van der Waals surface area contributed by atoms with Crippen LogP contribution >= 0.6 is 11.6 Å². The van der Waals surface area contributed by atoms with E-state index in [-0.39, 0.29) is 11.4 Å². The Labute approximate surface area is 245 Å². The Kier molecular flexibility index (Phi) is 6.37. The third-order valence-electron chi connectivity index (χ3n) is 8.42. The van der Waals surface area contributed by atoms with Gasteiger partial charge in [-0.05, 0) is 73.7 Å². The normalized spacial score (nSPS) is 18.6. The van der Waals surface area contributed by atoms with Crippen LogP contribution in [-0.2, 0) is 10.4 Å². The molecule has 0 radical (unpaired) electrons. The van der Waals surface area contributed by atoms with Gasteiger partial charge >= 0.3 is 5.69 Å². The van der Waals surface area contributed by atoms with Crippen LogP contribution in [0.25, 0.3) is 22.1 Å². The van der Waals surface area contributed by atoms with Gasteiger partial charge in [-0.2, -0.15) is 5.26 Å². The van der Waals surface area contributed by atoms with Crippen LogP contribution in [0, 0.1) is 24.2 Å². The van der Waals surface area contributed by atoms with Crippen LogP contribution in [0.1, 0.15) is 60.1 Å². The molecular weight excluding hydrogens is 554 g/mol. The molecule has 212 valence electrons. The predicted molar refractivity (Wildman–Crippen MR) is 160 cm³/mol. The molecule has 0 fully saturated rings. The number of aliphatic hydroxyl groups is 1. The molecule has 4 N–H and O–H groups in total. The zero-order valence-corrected chi connectivity index (χ0v) is 23.9. The largest absolute Gasteiger partial charge is 0.386 e. The second-order valence-corrected chi connectivity index (χ2v) is 11.8. The van der Waals surface area contributed by atoms with Crippen molar-refractivity contribution in [1.29, 1.82) is 5.26 Å². The lowest BCUT2D eigenvalue weighted by atomic mass is 9.69. The summed E-state index contributed by atoms with van der Waals surface area (Å²) in [5.74, 6) is -2.36. The van der Waals surface area contributed by atoms with Gasteiger partial charge in [0.25, 0.3) is 5.56 Å². The molecule has 0 saturated heterocycles. The Balaban J connectivity index is 1.62. The molecule has 42 heavy (non-hydrogen) atoms. The molecule has 2 unspecified atom stereocenters. The van der Waals surface area contributed by atoms with E-state index in [1.165, 1.54) is 10.5 Å². The van der Waals surface area contributed by atoms with Crippen molar-refractivity contribution in [3.63, 3.8) is 0 Å². The molecule has 0 spiro atoms. The number of carbonyl (C=O) groups excluding carboxylic acids is 1. The van der Waals surface area contributed by atoms with Crippen molar-refractivity contribution < 1.29 is 9.90 Å². The Morgan fingerprint density at radius 1 is 1.17 bits per heavy atom. The molecule has 0 saturated carbocycles. The van der Waals surface area contributed by atoms with Crippen LogP contribution in [0.4, 0.5) is 0 Å². The van der Waals surface area contributed by atoms with Crippen molar-refractivity contribution in [2.24, 2.45) is 11.7 Å². The van der Waals surface area contributed by atoms with Crippen LogP contribution in [0.15, 0.2) is 70.4 Å². The molecule has 3 heterocycles. The lowest BCUT2D eigenvalue weighted by Crippen LogP contribution is -2.36. The standard InChI is InChI=1S/C32H28ClN5O4/c1-16-19(6-4-8-24(16)38-26(39)14-25-22(33)7-5-11-37(25)31(38)41)27-17(15-34)12-21(30(35)40)29-28(27)20-10-9-18(32(2,3)42)13-23(20)36-29/h4-11,13-14,17,21,27,36,42H,12H2,1-3H3,(H2,35,40)/t17?,21?,27-/m0/s1. The average molecular weight is 582 g/mol. The van der Waals surface area contributed by atoms with E-state index in [1.807, 2.05) is 31.2 Å². The van der Waals surface area contributed by atoms with Gasteiger partial charge in [0.15, 0.2) is 0 Å². The minimum atomic E-state index is -1.09. The number of hydrogen-bond donors (Lipinski definition) is 3. The van der Waals surface area contributed by atoms with Gasteiger partial charge in [0.2, 0.25) is 5.91 Å². The Hall–Kier alpha value is -4.65. The monoisotopic (exact) mass is 581 g/mol. The quantitative estimate of drug-likeness (QED) is 0.288. The van der Waals surface area contributed by atoms with Gasteiger partial charge in [0, 0.05) is 34.8 Å². The highest BCUT2D eigenvalue weighted by atomic mass is 35.5. The van der Waals surface area contributed by atoms with E-state index in [2.05, 4.69) is 11.1 Å². The van der Waals surface area contributed by atoms with Crippen molar-refractivity contribution in [2.45, 2.75) is 44.6 Å². The Bertz CT molecular complexity index is 2090. The average Bonchev–Trinajstić information content (AvgIpc) is 3.32. The third kappa shape index (κ3) is 4.14. The number of hydrogen-bond acceptors (Lipinski definition) is 5. The summed E-state index contributed by atoms with van der Waals surface area (Å²) in [5, 5.41) is 22.0. The van der Waals surface area contributed by atoms with E-state index in [9.17, 15) is 24.8 Å². The third-order valence-corrected chi connectivity index (χ3v) is 8.74. The first-order valence-electron chi connectivity index (χ1n) is 13.5. The number of aromatic nitrogens is 3. The molecule has 9 nitrogen and oxygen atoms in total. The number of amides is 1. The van der Waals surface area contributed by atoms with Gasteiger partial charge < -0.3 is 15.8 Å². The molecule has 3 aromatic heterocycles. The number of rotatable bonds is 4. The molecule has 3 atom stereocenters. The first kappa shape index (κ1) is 27.5. The fourth-order valence-corrected chi connectivity index (χ4v) is 6.54. The van der Waals surface area contributed by atoms with Crippen molar-refractivity contribution in [3.8, 4) is 11.8 Å².